The maximum absolute atomic E-state index is 12.1. The van der Waals surface area contributed by atoms with Crippen molar-refractivity contribution in [2.24, 2.45) is 0 Å². The van der Waals surface area contributed by atoms with E-state index >= 15 is 0 Å². The summed E-state index contributed by atoms with van der Waals surface area (Å²) in [6.45, 7) is 5.50. The van der Waals surface area contributed by atoms with Crippen molar-refractivity contribution in [1.29, 1.82) is 0 Å². The van der Waals surface area contributed by atoms with Crippen LogP contribution in [-0.4, -0.2) is 72.4 Å². The highest BCUT2D eigenvalue weighted by Crippen LogP contribution is 2.03. The van der Waals surface area contributed by atoms with E-state index in [1.165, 1.54) is 34.7 Å². The number of amides is 12. The molecule has 0 saturated carbocycles. The van der Waals surface area contributed by atoms with E-state index < -0.39 is 65.4 Å². The molecule has 184 valence electrons. The topological polar surface area (TPSA) is 233 Å². The largest absolute Gasteiger partial charge is 0.341 e. The van der Waals surface area contributed by atoms with Crippen LogP contribution < -0.4 is 42.5 Å². The molecular weight excluding hydrogens is 444 g/mol. The van der Waals surface area contributed by atoms with Crippen molar-refractivity contribution in [1.82, 2.24) is 42.5 Å². The molecule has 0 aliphatic carbocycles. The number of nitrogens with one attached hydrogen (secondary N) is 8. The highest BCUT2D eigenvalue weighted by Gasteiger charge is 2.32. The van der Waals surface area contributed by atoms with E-state index in [1.807, 2.05) is 16.0 Å². The first-order valence-corrected chi connectivity index (χ1v) is 9.34. The standard InChI is InChI=1S/C17H28N8O8/c1-8(26)20-15(33)25-17(4,5)11(29)21-13(31)19-7-9(27)24-16(2,3)10(28)22-14(32)23-12(30)18-6/h7H2,1-6H3,(H,24,27)(H2,19,21,29,31)(H2,20,25,26,33)(H3,18,22,23,28,30,32). The van der Waals surface area contributed by atoms with Crippen LogP contribution in [0.3, 0.4) is 0 Å². The molecule has 0 unspecified atom stereocenters. The number of urea groups is 4. The number of rotatable bonds is 6. The van der Waals surface area contributed by atoms with Gasteiger partial charge >= 0.3 is 24.1 Å². The molecule has 16 heteroatoms. The second kappa shape index (κ2) is 12.0. The van der Waals surface area contributed by atoms with Gasteiger partial charge in [-0.15, -0.1) is 0 Å². The Balaban J connectivity index is 4.66. The second-order valence-electron chi connectivity index (χ2n) is 7.56. The van der Waals surface area contributed by atoms with Gasteiger partial charge in [-0.3, -0.25) is 40.4 Å². The lowest BCUT2D eigenvalue weighted by molar-refractivity contribution is -0.131. The van der Waals surface area contributed by atoms with E-state index in [1.54, 1.807) is 5.32 Å². The summed E-state index contributed by atoms with van der Waals surface area (Å²) in [7, 11) is 1.26. The van der Waals surface area contributed by atoms with Gasteiger partial charge in [-0.2, -0.15) is 0 Å². The molecular formula is C17H28N8O8. The van der Waals surface area contributed by atoms with Gasteiger partial charge in [-0.05, 0) is 27.7 Å². The van der Waals surface area contributed by atoms with Gasteiger partial charge < -0.3 is 21.3 Å². The van der Waals surface area contributed by atoms with Crippen LogP contribution in [0.15, 0.2) is 0 Å². The average molecular weight is 472 g/mol. The maximum atomic E-state index is 12.1. The van der Waals surface area contributed by atoms with Crippen LogP contribution >= 0.6 is 0 Å². The number of hydrogen-bond acceptors (Lipinski definition) is 8. The third kappa shape index (κ3) is 11.1. The summed E-state index contributed by atoms with van der Waals surface area (Å²) >= 11 is 0. The van der Waals surface area contributed by atoms with E-state index in [4.69, 9.17) is 0 Å². The molecule has 0 atom stereocenters. The number of carbonyl (C=O) groups excluding carboxylic acids is 8. The van der Waals surface area contributed by atoms with Gasteiger partial charge in [0, 0.05) is 14.0 Å². The SMILES string of the molecule is CNC(=O)NC(=O)NC(=O)C(C)(C)NC(=O)CNC(=O)NC(=O)C(C)(C)NC(=O)NC(C)=O. The monoisotopic (exact) mass is 472 g/mol. The minimum absolute atomic E-state index is 0.654. The summed E-state index contributed by atoms with van der Waals surface area (Å²) < 4.78 is 0. The highest BCUT2D eigenvalue weighted by atomic mass is 16.2. The molecule has 12 amide bonds. The fourth-order valence-electron chi connectivity index (χ4n) is 1.90. The van der Waals surface area contributed by atoms with Gasteiger partial charge in [0.05, 0.1) is 6.54 Å². The molecule has 0 spiro atoms. The first-order valence-electron chi connectivity index (χ1n) is 9.34. The molecule has 33 heavy (non-hydrogen) atoms. The Morgan fingerprint density at radius 3 is 1.58 bits per heavy atom. The van der Waals surface area contributed by atoms with Gasteiger partial charge in [-0.25, -0.2) is 19.2 Å². The first kappa shape index (κ1) is 28.8. The minimum Gasteiger partial charge on any atom is -0.341 e. The van der Waals surface area contributed by atoms with Crippen molar-refractivity contribution in [2.45, 2.75) is 45.7 Å². The number of carbonyl (C=O) groups is 8. The molecule has 0 bridgehead atoms. The highest BCUT2D eigenvalue weighted by molar-refractivity contribution is 6.05. The summed E-state index contributed by atoms with van der Waals surface area (Å²) in [5, 5.41) is 16.1. The van der Waals surface area contributed by atoms with Crippen LogP contribution in [0, 0.1) is 0 Å². The molecule has 0 aliphatic rings. The summed E-state index contributed by atoms with van der Waals surface area (Å²) in [4.78, 5) is 93.1. The Bertz CT molecular complexity index is 852. The van der Waals surface area contributed by atoms with Crippen molar-refractivity contribution >= 4 is 47.8 Å². The van der Waals surface area contributed by atoms with E-state index in [-0.39, 0.29) is 0 Å². The fraction of sp³-hybridized carbons (Fsp3) is 0.529. The molecule has 0 radical (unpaired) electrons. The van der Waals surface area contributed by atoms with E-state index in [9.17, 15) is 38.4 Å². The van der Waals surface area contributed by atoms with Gasteiger partial charge in [-0.1, -0.05) is 0 Å². The quantitative estimate of drug-likeness (QED) is 0.205. The van der Waals surface area contributed by atoms with Crippen LogP contribution in [-0.2, 0) is 19.2 Å². The van der Waals surface area contributed by atoms with Crippen molar-refractivity contribution in [3.63, 3.8) is 0 Å². The normalized spacial score (nSPS) is 10.6. The van der Waals surface area contributed by atoms with E-state index in [0.29, 0.717) is 0 Å². The fourth-order valence-corrected chi connectivity index (χ4v) is 1.90. The van der Waals surface area contributed by atoms with Gasteiger partial charge in [0.15, 0.2) is 0 Å². The maximum Gasteiger partial charge on any atom is 0.329 e. The van der Waals surface area contributed by atoms with Crippen molar-refractivity contribution in [2.75, 3.05) is 13.6 Å². The molecule has 16 nitrogen and oxygen atoms in total. The molecule has 8 N–H and O–H groups in total. The average Bonchev–Trinajstić information content (AvgIpc) is 2.64. The lowest BCUT2D eigenvalue weighted by Gasteiger charge is -2.25. The van der Waals surface area contributed by atoms with Crippen LogP contribution in [0.4, 0.5) is 19.2 Å². The zero-order valence-electron chi connectivity index (χ0n) is 19.0. The Morgan fingerprint density at radius 2 is 1.09 bits per heavy atom. The summed E-state index contributed by atoms with van der Waals surface area (Å²) in [6, 6.07) is -4.01. The number of imide groups is 4. The van der Waals surface area contributed by atoms with Crippen LogP contribution in [0.2, 0.25) is 0 Å². The van der Waals surface area contributed by atoms with E-state index in [0.717, 1.165) is 6.92 Å². The zero-order valence-corrected chi connectivity index (χ0v) is 19.0. The third-order valence-electron chi connectivity index (χ3n) is 3.62. The number of hydrogen-bond donors (Lipinski definition) is 8. The molecule has 0 saturated heterocycles. The van der Waals surface area contributed by atoms with Crippen LogP contribution in [0.1, 0.15) is 34.6 Å². The summed E-state index contributed by atoms with van der Waals surface area (Å²) in [5.41, 5.74) is -3.20. The van der Waals surface area contributed by atoms with Crippen molar-refractivity contribution in [3.05, 3.63) is 0 Å². The Labute approximate surface area is 188 Å². The smallest absolute Gasteiger partial charge is 0.329 e. The third-order valence-corrected chi connectivity index (χ3v) is 3.62. The summed E-state index contributed by atoms with van der Waals surface area (Å²) in [5.74, 6) is -3.40. The molecule has 0 aliphatic heterocycles. The molecule has 0 aromatic carbocycles. The van der Waals surface area contributed by atoms with Gasteiger partial charge in [0.25, 0.3) is 11.8 Å². The zero-order chi connectivity index (χ0) is 26.0. The Hall–Kier alpha value is -4.24. The minimum atomic E-state index is -1.61. The van der Waals surface area contributed by atoms with Gasteiger partial charge in [0.2, 0.25) is 11.8 Å². The van der Waals surface area contributed by atoms with Crippen molar-refractivity contribution < 1.29 is 38.4 Å². The Kier molecular flexibility index (Phi) is 10.4. The van der Waals surface area contributed by atoms with Crippen LogP contribution in [0.25, 0.3) is 0 Å². The first-order chi connectivity index (χ1) is 15.0. The lowest BCUT2D eigenvalue weighted by atomic mass is 10.0. The summed E-state index contributed by atoms with van der Waals surface area (Å²) in [6.07, 6.45) is 0. The lowest BCUT2D eigenvalue weighted by Crippen LogP contribution is -2.61. The van der Waals surface area contributed by atoms with Crippen LogP contribution in [0.5, 0.6) is 0 Å². The van der Waals surface area contributed by atoms with Crippen molar-refractivity contribution in [3.8, 4) is 0 Å². The molecule has 0 rings (SSSR count). The molecule has 0 aromatic rings. The predicted octanol–water partition coefficient (Wildman–Crippen LogP) is -2.50. The van der Waals surface area contributed by atoms with E-state index in [2.05, 4.69) is 21.3 Å². The predicted molar refractivity (Wildman–Crippen MR) is 111 cm³/mol. The second-order valence-corrected chi connectivity index (χ2v) is 7.56. The molecule has 0 heterocycles. The van der Waals surface area contributed by atoms with Gasteiger partial charge in [0.1, 0.15) is 11.1 Å². The molecule has 0 fully saturated rings. The molecule has 0 aromatic heterocycles. The Morgan fingerprint density at radius 1 is 0.606 bits per heavy atom.